The summed E-state index contributed by atoms with van der Waals surface area (Å²) in [5, 5.41) is 6.00. The van der Waals surface area contributed by atoms with E-state index in [-0.39, 0.29) is 5.75 Å². The largest absolute Gasteiger partial charge is 0.491 e. The number of ether oxygens (including phenoxy) is 1. The summed E-state index contributed by atoms with van der Waals surface area (Å²) in [6, 6.07) is 9.77. The molecule has 0 saturated heterocycles. The van der Waals surface area contributed by atoms with Gasteiger partial charge in [-0.3, -0.25) is 4.98 Å². The number of hydrogen-bond acceptors (Lipinski definition) is 4. The number of hydrogen-bond donors (Lipinski definition) is 1. The standard InChI is InChI=1S/C15H20N2O3S/c16-21(18,19)12-4-2-1-3-11-20-14-9-5-7-13-8-6-10-17-15(13)14/h5-10H,1-4,11-12H2,(H2,16,18,19). The molecule has 1 aromatic heterocycles. The predicted octanol–water partition coefficient (Wildman–Crippen LogP) is 2.46. The molecule has 5 nitrogen and oxygen atoms in total. The lowest BCUT2D eigenvalue weighted by Crippen LogP contribution is -2.16. The van der Waals surface area contributed by atoms with Crippen molar-refractivity contribution in [2.45, 2.75) is 25.7 Å². The van der Waals surface area contributed by atoms with Crippen LogP contribution in [0.3, 0.4) is 0 Å². The number of pyridine rings is 1. The molecule has 0 spiro atoms. The van der Waals surface area contributed by atoms with Gasteiger partial charge in [-0.2, -0.15) is 0 Å². The van der Waals surface area contributed by atoms with Gasteiger partial charge in [-0.25, -0.2) is 13.6 Å². The molecular formula is C15H20N2O3S. The van der Waals surface area contributed by atoms with Crippen LogP contribution in [0.25, 0.3) is 10.9 Å². The summed E-state index contributed by atoms with van der Waals surface area (Å²) in [6.45, 7) is 0.602. The van der Waals surface area contributed by atoms with Crippen LogP contribution in [0, 0.1) is 0 Å². The maximum atomic E-state index is 10.8. The van der Waals surface area contributed by atoms with Gasteiger partial charge in [-0.1, -0.05) is 31.0 Å². The van der Waals surface area contributed by atoms with Gasteiger partial charge in [0.05, 0.1) is 12.4 Å². The number of fused-ring (bicyclic) bond motifs is 1. The highest BCUT2D eigenvalue weighted by Gasteiger charge is 2.03. The third-order valence-electron chi connectivity index (χ3n) is 3.18. The summed E-state index contributed by atoms with van der Waals surface area (Å²) in [5.41, 5.74) is 0.870. The summed E-state index contributed by atoms with van der Waals surface area (Å²) in [4.78, 5) is 4.33. The topological polar surface area (TPSA) is 82.3 Å². The first-order valence-electron chi connectivity index (χ1n) is 7.03. The Hall–Kier alpha value is -1.66. The number of sulfonamides is 1. The van der Waals surface area contributed by atoms with E-state index in [0.717, 1.165) is 35.9 Å². The van der Waals surface area contributed by atoms with Crippen molar-refractivity contribution < 1.29 is 13.2 Å². The molecule has 0 fully saturated rings. The molecule has 1 heterocycles. The monoisotopic (exact) mass is 308 g/mol. The van der Waals surface area contributed by atoms with Crippen molar-refractivity contribution in [1.29, 1.82) is 0 Å². The third-order valence-corrected chi connectivity index (χ3v) is 4.03. The summed E-state index contributed by atoms with van der Waals surface area (Å²) < 4.78 is 27.3. The fraction of sp³-hybridized carbons (Fsp3) is 0.400. The van der Waals surface area contributed by atoms with Gasteiger partial charge in [0.15, 0.2) is 0 Å². The van der Waals surface area contributed by atoms with Crippen LogP contribution >= 0.6 is 0 Å². The Labute approximate surface area is 125 Å². The Bertz CT molecular complexity index is 681. The summed E-state index contributed by atoms with van der Waals surface area (Å²) in [5.74, 6) is 0.846. The number of para-hydroxylation sites is 1. The molecule has 0 aliphatic rings. The number of rotatable bonds is 8. The molecule has 0 aliphatic carbocycles. The van der Waals surface area contributed by atoms with Gasteiger partial charge in [0, 0.05) is 11.6 Å². The zero-order chi connectivity index (χ0) is 15.1. The molecular weight excluding hydrogens is 288 g/mol. The van der Waals surface area contributed by atoms with Crippen LogP contribution in [0.15, 0.2) is 36.5 Å². The SMILES string of the molecule is NS(=O)(=O)CCCCCCOc1cccc2cccnc12. The lowest BCUT2D eigenvalue weighted by molar-refractivity contribution is 0.308. The van der Waals surface area contributed by atoms with Crippen molar-refractivity contribution in [3.8, 4) is 5.75 Å². The Morgan fingerprint density at radius 3 is 2.62 bits per heavy atom. The molecule has 2 aromatic rings. The van der Waals surface area contributed by atoms with Gasteiger partial charge in [0.2, 0.25) is 10.0 Å². The van der Waals surface area contributed by atoms with Crippen molar-refractivity contribution >= 4 is 20.9 Å². The minimum absolute atomic E-state index is 0.0566. The second kappa shape index (κ2) is 7.38. The molecule has 114 valence electrons. The highest BCUT2D eigenvalue weighted by atomic mass is 32.2. The molecule has 0 radical (unpaired) electrons. The Morgan fingerprint density at radius 2 is 1.81 bits per heavy atom. The van der Waals surface area contributed by atoms with E-state index >= 15 is 0 Å². The fourth-order valence-corrected chi connectivity index (χ4v) is 2.74. The minimum Gasteiger partial charge on any atom is -0.491 e. The Balaban J connectivity index is 1.73. The van der Waals surface area contributed by atoms with Gasteiger partial charge in [-0.05, 0) is 25.0 Å². The molecule has 2 rings (SSSR count). The van der Waals surface area contributed by atoms with Crippen molar-refractivity contribution in [3.05, 3.63) is 36.5 Å². The van der Waals surface area contributed by atoms with E-state index in [4.69, 9.17) is 9.88 Å². The second-order valence-corrected chi connectivity index (χ2v) is 6.69. The van der Waals surface area contributed by atoms with E-state index in [1.165, 1.54) is 0 Å². The van der Waals surface area contributed by atoms with Gasteiger partial charge >= 0.3 is 0 Å². The minimum atomic E-state index is -3.32. The van der Waals surface area contributed by atoms with Crippen molar-refractivity contribution in [2.24, 2.45) is 5.14 Å². The number of nitrogens with two attached hydrogens (primary N) is 1. The first-order valence-corrected chi connectivity index (χ1v) is 8.75. The van der Waals surface area contributed by atoms with Crippen LogP contribution in [0.1, 0.15) is 25.7 Å². The van der Waals surface area contributed by atoms with Gasteiger partial charge < -0.3 is 4.74 Å². The summed E-state index contributed by atoms with van der Waals surface area (Å²) in [7, 11) is -3.32. The Morgan fingerprint density at radius 1 is 1.05 bits per heavy atom. The maximum absolute atomic E-state index is 10.8. The van der Waals surface area contributed by atoms with E-state index in [1.807, 2.05) is 30.3 Å². The fourth-order valence-electron chi connectivity index (χ4n) is 2.13. The molecule has 21 heavy (non-hydrogen) atoms. The average molecular weight is 308 g/mol. The van der Waals surface area contributed by atoms with E-state index in [0.29, 0.717) is 13.0 Å². The van der Waals surface area contributed by atoms with Crippen molar-refractivity contribution in [3.63, 3.8) is 0 Å². The normalized spacial score (nSPS) is 11.7. The summed E-state index contributed by atoms with van der Waals surface area (Å²) in [6.07, 6.45) is 5.01. The number of benzene rings is 1. The van der Waals surface area contributed by atoms with Crippen LogP contribution in [0.2, 0.25) is 0 Å². The Kier molecular flexibility index (Phi) is 5.52. The molecule has 0 unspecified atom stereocenters. The highest BCUT2D eigenvalue weighted by molar-refractivity contribution is 7.89. The summed E-state index contributed by atoms with van der Waals surface area (Å²) >= 11 is 0. The number of primary sulfonamides is 1. The predicted molar refractivity (Wildman–Crippen MR) is 83.7 cm³/mol. The molecule has 0 aliphatic heterocycles. The van der Waals surface area contributed by atoms with E-state index in [1.54, 1.807) is 6.20 Å². The number of aromatic nitrogens is 1. The smallest absolute Gasteiger partial charge is 0.209 e. The van der Waals surface area contributed by atoms with Crippen molar-refractivity contribution in [1.82, 2.24) is 4.98 Å². The van der Waals surface area contributed by atoms with Crippen LogP contribution < -0.4 is 9.88 Å². The number of unbranched alkanes of at least 4 members (excludes halogenated alkanes) is 3. The molecule has 6 heteroatoms. The van der Waals surface area contributed by atoms with Gasteiger partial charge in [0.1, 0.15) is 11.3 Å². The third kappa shape index (κ3) is 5.32. The molecule has 0 atom stereocenters. The zero-order valence-electron chi connectivity index (χ0n) is 11.9. The second-order valence-electron chi connectivity index (χ2n) is 4.96. The van der Waals surface area contributed by atoms with Crippen LogP contribution in [0.4, 0.5) is 0 Å². The van der Waals surface area contributed by atoms with Gasteiger partial charge in [-0.15, -0.1) is 0 Å². The zero-order valence-corrected chi connectivity index (χ0v) is 12.7. The molecule has 0 saturated carbocycles. The van der Waals surface area contributed by atoms with Crippen LogP contribution in [0.5, 0.6) is 5.75 Å². The van der Waals surface area contributed by atoms with Crippen molar-refractivity contribution in [2.75, 3.05) is 12.4 Å². The first-order chi connectivity index (χ1) is 10.1. The average Bonchev–Trinajstić information content (AvgIpc) is 2.45. The van der Waals surface area contributed by atoms with E-state index in [2.05, 4.69) is 4.98 Å². The number of nitrogens with zero attached hydrogens (tertiary/aromatic N) is 1. The molecule has 0 bridgehead atoms. The lowest BCUT2D eigenvalue weighted by Gasteiger charge is -2.08. The molecule has 0 amide bonds. The highest BCUT2D eigenvalue weighted by Crippen LogP contribution is 2.23. The quantitative estimate of drug-likeness (QED) is 0.759. The van der Waals surface area contributed by atoms with E-state index in [9.17, 15) is 8.42 Å². The lowest BCUT2D eigenvalue weighted by atomic mass is 10.2. The first kappa shape index (κ1) is 15.7. The van der Waals surface area contributed by atoms with Crippen LogP contribution in [-0.4, -0.2) is 25.8 Å². The maximum Gasteiger partial charge on any atom is 0.209 e. The molecule has 2 N–H and O–H groups in total. The van der Waals surface area contributed by atoms with E-state index < -0.39 is 10.0 Å². The molecule has 1 aromatic carbocycles. The van der Waals surface area contributed by atoms with Crippen LogP contribution in [-0.2, 0) is 10.0 Å². The van der Waals surface area contributed by atoms with Gasteiger partial charge in [0.25, 0.3) is 0 Å².